The van der Waals surface area contributed by atoms with E-state index in [0.29, 0.717) is 17.3 Å². The zero-order chi connectivity index (χ0) is 17.0. The number of nitrogens with zero attached hydrogens (tertiary/aromatic N) is 1. The minimum Gasteiger partial charge on any atom is -0.350 e. The van der Waals surface area contributed by atoms with Crippen LogP contribution >= 0.6 is 11.6 Å². The minimum atomic E-state index is -0.139. The summed E-state index contributed by atoms with van der Waals surface area (Å²) >= 11 is 6.00. The highest BCUT2D eigenvalue weighted by atomic mass is 35.5. The molecular formula is C17H20ClN3O2. The smallest absolute Gasteiger partial charge is 0.267 e. The molecular weight excluding hydrogens is 314 g/mol. The number of aromatic nitrogens is 1. The second kappa shape index (κ2) is 7.33. The number of benzene rings is 1. The van der Waals surface area contributed by atoms with E-state index in [1.807, 2.05) is 42.8 Å². The summed E-state index contributed by atoms with van der Waals surface area (Å²) in [5.74, 6) is -0.152. The van der Waals surface area contributed by atoms with E-state index in [-0.39, 0.29) is 17.7 Å². The maximum atomic E-state index is 12.3. The van der Waals surface area contributed by atoms with Crippen molar-refractivity contribution in [2.75, 3.05) is 6.54 Å². The van der Waals surface area contributed by atoms with E-state index in [0.717, 1.165) is 10.9 Å². The number of halogens is 1. The largest absolute Gasteiger partial charge is 0.350 e. The van der Waals surface area contributed by atoms with E-state index in [9.17, 15) is 9.59 Å². The molecule has 0 radical (unpaired) electrons. The van der Waals surface area contributed by atoms with Crippen molar-refractivity contribution in [3.63, 3.8) is 0 Å². The fraction of sp³-hybridized carbons (Fsp3) is 0.294. The molecule has 0 aliphatic rings. The van der Waals surface area contributed by atoms with Gasteiger partial charge >= 0.3 is 0 Å². The Morgan fingerprint density at radius 2 is 2.09 bits per heavy atom. The Morgan fingerprint density at radius 3 is 2.78 bits per heavy atom. The molecule has 0 fully saturated rings. The van der Waals surface area contributed by atoms with Crippen molar-refractivity contribution >= 4 is 34.3 Å². The van der Waals surface area contributed by atoms with Crippen LogP contribution in [0.2, 0.25) is 5.02 Å². The number of carbonyl (C=O) groups is 2. The van der Waals surface area contributed by atoms with Crippen molar-refractivity contribution in [1.29, 1.82) is 0 Å². The first-order chi connectivity index (χ1) is 10.9. The lowest BCUT2D eigenvalue weighted by Gasteiger charge is -2.09. The van der Waals surface area contributed by atoms with Crippen molar-refractivity contribution in [3.05, 3.63) is 47.3 Å². The van der Waals surface area contributed by atoms with Gasteiger partial charge in [-0.1, -0.05) is 30.7 Å². The van der Waals surface area contributed by atoms with Crippen LogP contribution in [0.25, 0.3) is 10.9 Å². The first-order valence-electron chi connectivity index (χ1n) is 7.35. The van der Waals surface area contributed by atoms with Gasteiger partial charge < -0.3 is 15.2 Å². The van der Waals surface area contributed by atoms with Gasteiger partial charge in [0.2, 0.25) is 5.91 Å². The Bertz CT molecular complexity index is 765. The Kier molecular flexibility index (Phi) is 5.45. The molecule has 122 valence electrons. The van der Waals surface area contributed by atoms with Gasteiger partial charge in [0.15, 0.2) is 0 Å². The Labute approximate surface area is 140 Å². The third kappa shape index (κ3) is 4.36. The first-order valence-corrected chi connectivity index (χ1v) is 7.73. The number of nitrogens with one attached hydrogen (secondary N) is 2. The molecule has 2 rings (SSSR count). The second-order valence-electron chi connectivity index (χ2n) is 5.54. The molecule has 0 bridgehead atoms. The molecule has 2 aromatic rings. The van der Waals surface area contributed by atoms with Crippen molar-refractivity contribution in [2.45, 2.75) is 13.8 Å². The van der Waals surface area contributed by atoms with E-state index >= 15 is 0 Å². The van der Waals surface area contributed by atoms with Crippen LogP contribution in [-0.4, -0.2) is 22.9 Å². The predicted molar refractivity (Wildman–Crippen MR) is 92.4 cm³/mol. The molecule has 0 aliphatic heterocycles. The van der Waals surface area contributed by atoms with Crippen molar-refractivity contribution in [3.8, 4) is 0 Å². The van der Waals surface area contributed by atoms with Gasteiger partial charge in [-0.15, -0.1) is 0 Å². The van der Waals surface area contributed by atoms with Gasteiger partial charge in [0.25, 0.3) is 5.91 Å². The van der Waals surface area contributed by atoms with Crippen LogP contribution in [0.4, 0.5) is 0 Å². The molecule has 5 nitrogen and oxygen atoms in total. The zero-order valence-electron chi connectivity index (χ0n) is 13.4. The molecule has 1 unspecified atom stereocenters. The average Bonchev–Trinajstić information content (AvgIpc) is 2.81. The van der Waals surface area contributed by atoms with E-state index in [4.69, 9.17) is 11.6 Å². The monoisotopic (exact) mass is 333 g/mol. The third-order valence-corrected chi connectivity index (χ3v) is 3.77. The summed E-state index contributed by atoms with van der Waals surface area (Å²) in [4.78, 5) is 23.1. The molecule has 1 aromatic carbocycles. The summed E-state index contributed by atoms with van der Waals surface area (Å²) < 4.78 is 1.83. The van der Waals surface area contributed by atoms with E-state index in [1.54, 1.807) is 12.3 Å². The Hall–Kier alpha value is -2.27. The van der Waals surface area contributed by atoms with Gasteiger partial charge in [0.1, 0.15) is 5.69 Å². The van der Waals surface area contributed by atoms with Crippen LogP contribution < -0.4 is 10.6 Å². The standard InChI is InChI=1S/C17H20ClN3O2/c1-11(6-7-19-12(2)22)10-20-17(23)16-8-13-4-5-14(18)9-15(13)21(16)3/h4-9,11H,10H2,1-3H3,(H,19,22)(H,20,23)/b7-6+. The van der Waals surface area contributed by atoms with Gasteiger partial charge in [0, 0.05) is 42.6 Å². The summed E-state index contributed by atoms with van der Waals surface area (Å²) in [5.41, 5.74) is 1.50. The number of hydrogen-bond acceptors (Lipinski definition) is 2. The van der Waals surface area contributed by atoms with E-state index in [1.165, 1.54) is 6.92 Å². The molecule has 2 N–H and O–H groups in total. The van der Waals surface area contributed by atoms with Gasteiger partial charge in [-0.3, -0.25) is 9.59 Å². The quantitative estimate of drug-likeness (QED) is 0.883. The summed E-state index contributed by atoms with van der Waals surface area (Å²) in [6.45, 7) is 3.89. The van der Waals surface area contributed by atoms with Crippen LogP contribution in [0.3, 0.4) is 0 Å². The van der Waals surface area contributed by atoms with E-state index < -0.39 is 0 Å². The number of aryl methyl sites for hydroxylation is 1. The summed E-state index contributed by atoms with van der Waals surface area (Å²) in [6, 6.07) is 7.39. The molecule has 0 aliphatic carbocycles. The summed E-state index contributed by atoms with van der Waals surface area (Å²) in [7, 11) is 1.84. The fourth-order valence-corrected chi connectivity index (χ4v) is 2.43. The molecule has 2 amide bonds. The van der Waals surface area contributed by atoms with Crippen molar-refractivity contribution in [2.24, 2.45) is 13.0 Å². The Balaban J connectivity index is 2.02. The zero-order valence-corrected chi connectivity index (χ0v) is 14.1. The SMILES string of the molecule is CC(=O)N/C=C/C(C)CNC(=O)c1cc2ccc(Cl)cc2n1C. The maximum absolute atomic E-state index is 12.3. The van der Waals surface area contributed by atoms with Gasteiger partial charge in [-0.05, 0) is 24.1 Å². The molecule has 0 saturated heterocycles. The number of rotatable bonds is 5. The number of amides is 2. The van der Waals surface area contributed by atoms with Crippen LogP contribution in [0.5, 0.6) is 0 Å². The Morgan fingerprint density at radius 1 is 1.35 bits per heavy atom. The van der Waals surface area contributed by atoms with Gasteiger partial charge in [-0.25, -0.2) is 0 Å². The van der Waals surface area contributed by atoms with Gasteiger partial charge in [0.05, 0.1) is 0 Å². The lowest BCUT2D eigenvalue weighted by atomic mass is 10.2. The molecule has 6 heteroatoms. The van der Waals surface area contributed by atoms with Crippen molar-refractivity contribution in [1.82, 2.24) is 15.2 Å². The topological polar surface area (TPSA) is 63.1 Å². The maximum Gasteiger partial charge on any atom is 0.267 e. The van der Waals surface area contributed by atoms with Crippen LogP contribution in [0.1, 0.15) is 24.3 Å². The molecule has 23 heavy (non-hydrogen) atoms. The summed E-state index contributed by atoms with van der Waals surface area (Å²) in [5, 5.41) is 7.09. The highest BCUT2D eigenvalue weighted by Crippen LogP contribution is 2.22. The van der Waals surface area contributed by atoms with Crippen LogP contribution in [0.15, 0.2) is 36.5 Å². The minimum absolute atomic E-state index is 0.106. The fourth-order valence-electron chi connectivity index (χ4n) is 2.26. The highest BCUT2D eigenvalue weighted by molar-refractivity contribution is 6.31. The molecule has 0 spiro atoms. The summed E-state index contributed by atoms with van der Waals surface area (Å²) in [6.07, 6.45) is 3.43. The second-order valence-corrected chi connectivity index (χ2v) is 5.98. The molecule has 0 saturated carbocycles. The number of hydrogen-bond donors (Lipinski definition) is 2. The number of carbonyl (C=O) groups excluding carboxylic acids is 2. The lowest BCUT2D eigenvalue weighted by Crippen LogP contribution is -2.29. The average molecular weight is 334 g/mol. The molecule has 1 heterocycles. The normalized spacial score (nSPS) is 12.5. The van der Waals surface area contributed by atoms with E-state index in [2.05, 4.69) is 10.6 Å². The first kappa shape index (κ1) is 17.1. The number of fused-ring (bicyclic) bond motifs is 1. The molecule has 1 atom stereocenters. The predicted octanol–water partition coefficient (Wildman–Crippen LogP) is 2.85. The molecule has 1 aromatic heterocycles. The third-order valence-electron chi connectivity index (χ3n) is 3.54. The van der Waals surface area contributed by atoms with Gasteiger partial charge in [-0.2, -0.15) is 0 Å². The van der Waals surface area contributed by atoms with Crippen molar-refractivity contribution < 1.29 is 9.59 Å². The lowest BCUT2D eigenvalue weighted by molar-refractivity contribution is -0.118. The highest BCUT2D eigenvalue weighted by Gasteiger charge is 2.13. The van der Waals surface area contributed by atoms with Crippen LogP contribution in [0, 0.1) is 5.92 Å². The van der Waals surface area contributed by atoms with Crippen LogP contribution in [-0.2, 0) is 11.8 Å².